The van der Waals surface area contributed by atoms with Gasteiger partial charge in [-0.1, -0.05) is 6.07 Å². The fourth-order valence-corrected chi connectivity index (χ4v) is 3.46. The molecule has 1 atom stereocenters. The molecule has 1 unspecified atom stereocenters. The van der Waals surface area contributed by atoms with E-state index in [4.69, 9.17) is 9.52 Å². The summed E-state index contributed by atoms with van der Waals surface area (Å²) in [5.41, 5.74) is 0.202. The molecule has 130 valence electrons. The van der Waals surface area contributed by atoms with Crippen molar-refractivity contribution in [1.82, 2.24) is 4.90 Å². The van der Waals surface area contributed by atoms with Gasteiger partial charge in [0.05, 0.1) is 6.54 Å². The Morgan fingerprint density at radius 2 is 1.88 bits per heavy atom. The summed E-state index contributed by atoms with van der Waals surface area (Å²) in [6.45, 7) is 2.53. The molecule has 0 spiro atoms. The maximum absolute atomic E-state index is 13.7. The molecular weight excluding hydrogens is 312 g/mol. The lowest BCUT2D eigenvalue weighted by atomic mass is 9.91. The molecule has 3 rings (SSSR count). The molecule has 3 nitrogen and oxygen atoms in total. The molecule has 1 N–H and O–H groups in total. The molecule has 1 aromatic heterocycles. The predicted octanol–water partition coefficient (Wildman–Crippen LogP) is 3.89. The van der Waals surface area contributed by atoms with Crippen molar-refractivity contribution in [3.05, 3.63) is 59.1 Å². The topological polar surface area (TPSA) is 36.6 Å². The summed E-state index contributed by atoms with van der Waals surface area (Å²) in [6, 6.07) is 7.73. The van der Waals surface area contributed by atoms with Crippen LogP contribution >= 0.6 is 0 Å². The smallest absolute Gasteiger partial charge is 0.129 e. The van der Waals surface area contributed by atoms with Crippen LogP contribution in [0, 0.1) is 17.6 Å². The molecule has 0 radical (unpaired) electrons. The summed E-state index contributed by atoms with van der Waals surface area (Å²) in [6.07, 6.45) is 3.39. The number of piperidine rings is 1. The van der Waals surface area contributed by atoms with Crippen LogP contribution in [-0.4, -0.2) is 23.1 Å². The van der Waals surface area contributed by atoms with Gasteiger partial charge in [-0.2, -0.15) is 0 Å². The summed E-state index contributed by atoms with van der Waals surface area (Å²) in [5, 5.41) is 9.05. The molecule has 1 fully saturated rings. The Bertz CT molecular complexity index is 651. The second-order valence-electron chi connectivity index (χ2n) is 6.51. The maximum atomic E-state index is 13.7. The van der Waals surface area contributed by atoms with E-state index in [1.165, 1.54) is 18.2 Å². The quantitative estimate of drug-likeness (QED) is 0.870. The molecule has 0 aliphatic carbocycles. The number of likely N-dealkylation sites (tertiary alicyclic amines) is 1. The van der Waals surface area contributed by atoms with Crippen LogP contribution in [0.5, 0.6) is 0 Å². The van der Waals surface area contributed by atoms with Gasteiger partial charge in [-0.25, -0.2) is 8.78 Å². The van der Waals surface area contributed by atoms with Gasteiger partial charge >= 0.3 is 0 Å². The van der Waals surface area contributed by atoms with E-state index in [9.17, 15) is 8.78 Å². The first-order valence-corrected chi connectivity index (χ1v) is 8.49. The number of halogens is 2. The zero-order valence-corrected chi connectivity index (χ0v) is 13.7. The van der Waals surface area contributed by atoms with Gasteiger partial charge in [-0.3, -0.25) is 4.90 Å². The Balaban J connectivity index is 1.53. The first kappa shape index (κ1) is 17.1. The molecule has 24 heavy (non-hydrogen) atoms. The van der Waals surface area contributed by atoms with Crippen LogP contribution < -0.4 is 0 Å². The van der Waals surface area contributed by atoms with E-state index < -0.39 is 11.6 Å². The van der Waals surface area contributed by atoms with E-state index in [1.54, 1.807) is 6.07 Å². The highest BCUT2D eigenvalue weighted by Gasteiger charge is 2.21. The van der Waals surface area contributed by atoms with E-state index in [-0.39, 0.29) is 12.2 Å². The number of rotatable bonds is 6. The van der Waals surface area contributed by atoms with E-state index >= 15 is 0 Å². The minimum Gasteiger partial charge on any atom is -0.462 e. The van der Waals surface area contributed by atoms with Crippen LogP contribution in [0.15, 0.2) is 34.7 Å². The first-order valence-electron chi connectivity index (χ1n) is 8.49. The molecule has 2 aromatic rings. The standard InChI is InChI=1S/C19H23F2NO2/c20-18-4-1-5-19(21)17(18)9-6-14-3-2-10-22(11-14)12-15-7-8-16(13-23)24-15/h1,4-5,7-8,14,23H,2-3,6,9-13H2. The van der Waals surface area contributed by atoms with Gasteiger partial charge in [-0.15, -0.1) is 0 Å². The summed E-state index contributed by atoms with van der Waals surface area (Å²) < 4.78 is 33.0. The Hall–Kier alpha value is -1.72. The molecule has 0 bridgehead atoms. The second-order valence-corrected chi connectivity index (χ2v) is 6.51. The number of nitrogens with zero attached hydrogens (tertiary/aromatic N) is 1. The molecule has 5 heteroatoms. The summed E-state index contributed by atoms with van der Waals surface area (Å²) in [4.78, 5) is 2.31. The Kier molecular flexibility index (Phi) is 5.63. The Morgan fingerprint density at radius 3 is 2.58 bits per heavy atom. The highest BCUT2D eigenvalue weighted by molar-refractivity contribution is 5.19. The average molecular weight is 335 g/mol. The van der Waals surface area contributed by atoms with Crippen molar-refractivity contribution in [3.63, 3.8) is 0 Å². The summed E-state index contributed by atoms with van der Waals surface area (Å²) in [7, 11) is 0. The van der Waals surface area contributed by atoms with Gasteiger partial charge in [0, 0.05) is 12.1 Å². The third-order valence-corrected chi connectivity index (χ3v) is 4.72. The first-order chi connectivity index (χ1) is 11.7. The number of hydrogen-bond donors (Lipinski definition) is 1. The van der Waals surface area contributed by atoms with Gasteiger partial charge < -0.3 is 9.52 Å². The van der Waals surface area contributed by atoms with Crippen molar-refractivity contribution in [2.75, 3.05) is 13.1 Å². The Labute approximate surface area is 140 Å². The molecule has 2 heterocycles. The number of benzene rings is 1. The van der Waals surface area contributed by atoms with E-state index in [0.717, 1.165) is 38.1 Å². The predicted molar refractivity (Wildman–Crippen MR) is 87.3 cm³/mol. The van der Waals surface area contributed by atoms with Crippen molar-refractivity contribution in [2.45, 2.75) is 38.8 Å². The summed E-state index contributed by atoms with van der Waals surface area (Å²) in [5.74, 6) is 0.961. The van der Waals surface area contributed by atoms with Crippen molar-refractivity contribution < 1.29 is 18.3 Å². The maximum Gasteiger partial charge on any atom is 0.129 e. The fourth-order valence-electron chi connectivity index (χ4n) is 3.46. The number of aliphatic hydroxyl groups is 1. The molecule has 0 amide bonds. The summed E-state index contributed by atoms with van der Waals surface area (Å²) >= 11 is 0. The van der Waals surface area contributed by atoms with E-state index in [1.807, 2.05) is 6.07 Å². The van der Waals surface area contributed by atoms with Crippen LogP contribution in [0.3, 0.4) is 0 Å². The minimum absolute atomic E-state index is 0.0865. The van der Waals surface area contributed by atoms with Crippen LogP contribution in [-0.2, 0) is 19.6 Å². The van der Waals surface area contributed by atoms with Crippen molar-refractivity contribution in [3.8, 4) is 0 Å². The zero-order valence-electron chi connectivity index (χ0n) is 13.7. The van der Waals surface area contributed by atoms with Crippen LogP contribution in [0.1, 0.15) is 36.3 Å². The third kappa shape index (κ3) is 4.22. The van der Waals surface area contributed by atoms with Gasteiger partial charge in [0.1, 0.15) is 29.8 Å². The van der Waals surface area contributed by atoms with Crippen LogP contribution in [0.25, 0.3) is 0 Å². The van der Waals surface area contributed by atoms with E-state index in [0.29, 0.717) is 24.6 Å². The lowest BCUT2D eigenvalue weighted by molar-refractivity contribution is 0.148. The van der Waals surface area contributed by atoms with Crippen molar-refractivity contribution in [2.24, 2.45) is 5.92 Å². The van der Waals surface area contributed by atoms with Crippen molar-refractivity contribution >= 4 is 0 Å². The monoisotopic (exact) mass is 335 g/mol. The number of aliphatic hydroxyl groups excluding tert-OH is 1. The van der Waals surface area contributed by atoms with E-state index in [2.05, 4.69) is 4.90 Å². The largest absolute Gasteiger partial charge is 0.462 e. The van der Waals surface area contributed by atoms with Crippen molar-refractivity contribution in [1.29, 1.82) is 0 Å². The van der Waals surface area contributed by atoms with Gasteiger partial charge in [0.15, 0.2) is 0 Å². The lowest BCUT2D eigenvalue weighted by Crippen LogP contribution is -2.35. The van der Waals surface area contributed by atoms with Gasteiger partial charge in [0.2, 0.25) is 0 Å². The average Bonchev–Trinajstić information content (AvgIpc) is 3.02. The SMILES string of the molecule is OCc1ccc(CN2CCCC(CCc3c(F)cccc3F)C2)o1. The minimum atomic E-state index is -0.449. The van der Waals surface area contributed by atoms with Gasteiger partial charge in [-0.05, 0) is 62.4 Å². The number of furan rings is 1. The van der Waals surface area contributed by atoms with Crippen LogP contribution in [0.2, 0.25) is 0 Å². The molecule has 1 aromatic carbocycles. The molecule has 1 aliphatic heterocycles. The fraction of sp³-hybridized carbons (Fsp3) is 0.474. The normalized spacial score (nSPS) is 18.9. The van der Waals surface area contributed by atoms with Crippen LogP contribution in [0.4, 0.5) is 8.78 Å². The zero-order chi connectivity index (χ0) is 16.9. The molecular formula is C19H23F2NO2. The highest BCUT2D eigenvalue weighted by Crippen LogP contribution is 2.25. The molecule has 1 saturated heterocycles. The molecule has 1 aliphatic rings. The number of hydrogen-bond acceptors (Lipinski definition) is 3. The van der Waals surface area contributed by atoms with Gasteiger partial charge in [0.25, 0.3) is 0 Å². The highest BCUT2D eigenvalue weighted by atomic mass is 19.1. The Morgan fingerprint density at radius 1 is 1.12 bits per heavy atom. The molecule has 0 saturated carbocycles. The second kappa shape index (κ2) is 7.90. The lowest BCUT2D eigenvalue weighted by Gasteiger charge is -2.32. The third-order valence-electron chi connectivity index (χ3n) is 4.72.